The second-order valence-corrected chi connectivity index (χ2v) is 4.87. The minimum atomic E-state index is 1.28. The van der Waals surface area contributed by atoms with E-state index in [0.717, 1.165) is 0 Å². The van der Waals surface area contributed by atoms with Crippen LogP contribution in [0.5, 0.6) is 0 Å². The first-order valence-electron chi connectivity index (χ1n) is 5.98. The Balaban J connectivity index is 2.42. The number of rotatable bonds is 0. The average Bonchev–Trinajstić information content (AvgIpc) is 2.87. The van der Waals surface area contributed by atoms with E-state index >= 15 is 0 Å². The number of pyridine rings is 1. The molecule has 82 valence electrons. The molecule has 0 bridgehead atoms. The van der Waals surface area contributed by atoms with Crippen molar-refractivity contribution in [2.45, 2.75) is 13.8 Å². The molecule has 0 spiro atoms. The van der Waals surface area contributed by atoms with Gasteiger partial charge in [-0.15, -0.1) is 0 Å². The Morgan fingerprint density at radius 1 is 0.765 bits per heavy atom. The van der Waals surface area contributed by atoms with Gasteiger partial charge in [0.2, 0.25) is 0 Å². The molecule has 0 aliphatic heterocycles. The molecule has 17 heavy (non-hydrogen) atoms. The van der Waals surface area contributed by atoms with Gasteiger partial charge in [-0.1, -0.05) is 6.07 Å². The summed E-state index contributed by atoms with van der Waals surface area (Å²) in [4.78, 5) is 0. The molecule has 3 aromatic heterocycles. The van der Waals surface area contributed by atoms with Gasteiger partial charge in [-0.2, -0.15) is 0 Å². The lowest BCUT2D eigenvalue weighted by Gasteiger charge is -2.00. The molecule has 0 atom stereocenters. The summed E-state index contributed by atoms with van der Waals surface area (Å²) < 4.78 is 2.35. The quantitative estimate of drug-likeness (QED) is 0.415. The zero-order valence-corrected chi connectivity index (χ0v) is 9.99. The molecule has 1 nitrogen and oxygen atoms in total. The van der Waals surface area contributed by atoms with Crippen LogP contribution in [0.15, 0.2) is 42.5 Å². The van der Waals surface area contributed by atoms with Gasteiger partial charge in [0.1, 0.15) is 0 Å². The van der Waals surface area contributed by atoms with Gasteiger partial charge < -0.3 is 4.40 Å². The fraction of sp³-hybridized carbons (Fsp3) is 0.125. The Hall–Kier alpha value is -2.02. The van der Waals surface area contributed by atoms with E-state index in [0.29, 0.717) is 0 Å². The molecule has 0 N–H and O–H groups in total. The van der Waals surface area contributed by atoms with Gasteiger partial charge in [-0.3, -0.25) is 0 Å². The van der Waals surface area contributed by atoms with Crippen LogP contribution in [-0.2, 0) is 0 Å². The monoisotopic (exact) mass is 219 g/mol. The van der Waals surface area contributed by atoms with E-state index in [4.69, 9.17) is 0 Å². The fourth-order valence-electron chi connectivity index (χ4n) is 2.82. The van der Waals surface area contributed by atoms with Crippen molar-refractivity contribution in [1.82, 2.24) is 4.40 Å². The molecule has 4 rings (SSSR count). The highest BCUT2D eigenvalue weighted by Crippen LogP contribution is 2.33. The van der Waals surface area contributed by atoms with E-state index in [1.165, 1.54) is 38.4 Å². The molecule has 4 aromatic rings. The van der Waals surface area contributed by atoms with Crippen molar-refractivity contribution >= 4 is 27.3 Å². The number of hydrogen-bond donors (Lipinski definition) is 0. The Labute approximate surface area is 99.6 Å². The van der Waals surface area contributed by atoms with Crippen LogP contribution in [0, 0.1) is 13.8 Å². The number of fused-ring (bicyclic) bond motifs is 3. The summed E-state index contributed by atoms with van der Waals surface area (Å²) in [5, 5.41) is 2.74. The highest BCUT2D eigenvalue weighted by Gasteiger charge is 2.11. The molecular formula is C16H13N. The second-order valence-electron chi connectivity index (χ2n) is 4.87. The predicted molar refractivity (Wildman–Crippen MR) is 73.1 cm³/mol. The van der Waals surface area contributed by atoms with E-state index in [1.54, 1.807) is 0 Å². The molecule has 0 unspecified atom stereocenters. The number of aromatic nitrogens is 1. The van der Waals surface area contributed by atoms with E-state index in [9.17, 15) is 0 Å². The first-order chi connectivity index (χ1) is 8.25. The molecule has 0 saturated heterocycles. The maximum Gasteiger partial charge on any atom is 0.0541 e. The normalized spacial score (nSPS) is 12.1. The van der Waals surface area contributed by atoms with Crippen molar-refractivity contribution in [1.29, 1.82) is 0 Å². The maximum absolute atomic E-state index is 2.35. The molecule has 1 aromatic carbocycles. The summed E-state index contributed by atoms with van der Waals surface area (Å²) in [7, 11) is 0. The Bertz CT molecular complexity index is 831. The standard InChI is InChI=1S/C16H13N/c1-10-8-13-14(9-11(10)2)16-7-6-12-4-3-5-15(13)17(12)16/h3-9H,1-2H3. The van der Waals surface area contributed by atoms with Crippen LogP contribution < -0.4 is 0 Å². The van der Waals surface area contributed by atoms with Crippen molar-refractivity contribution in [3.8, 4) is 0 Å². The van der Waals surface area contributed by atoms with Crippen molar-refractivity contribution < 1.29 is 0 Å². The van der Waals surface area contributed by atoms with E-state index < -0.39 is 0 Å². The molecule has 0 saturated carbocycles. The molecule has 0 aliphatic carbocycles. The van der Waals surface area contributed by atoms with Gasteiger partial charge in [0.25, 0.3) is 0 Å². The molecule has 0 amide bonds. The Kier molecular flexibility index (Phi) is 1.49. The maximum atomic E-state index is 2.35. The third-order valence-electron chi connectivity index (χ3n) is 3.86. The Morgan fingerprint density at radius 2 is 1.41 bits per heavy atom. The molecule has 0 aliphatic rings. The number of aryl methyl sites for hydroxylation is 2. The van der Waals surface area contributed by atoms with E-state index in [2.05, 4.69) is 60.7 Å². The smallest absolute Gasteiger partial charge is 0.0541 e. The van der Waals surface area contributed by atoms with Crippen LogP contribution in [0.25, 0.3) is 27.3 Å². The highest BCUT2D eigenvalue weighted by atomic mass is 14.9. The SMILES string of the molecule is Cc1cc2c(cc1C)c1ccc3cccc2n31. The van der Waals surface area contributed by atoms with Crippen LogP contribution in [0.1, 0.15) is 11.1 Å². The number of nitrogens with zero attached hydrogens (tertiary/aromatic N) is 1. The molecule has 3 heterocycles. The van der Waals surface area contributed by atoms with Crippen LogP contribution in [0.3, 0.4) is 0 Å². The van der Waals surface area contributed by atoms with Gasteiger partial charge in [0.15, 0.2) is 0 Å². The third kappa shape index (κ3) is 0.992. The lowest BCUT2D eigenvalue weighted by atomic mass is 10.0. The Morgan fingerprint density at radius 3 is 2.12 bits per heavy atom. The first-order valence-corrected chi connectivity index (χ1v) is 5.98. The van der Waals surface area contributed by atoms with Crippen LogP contribution in [-0.4, -0.2) is 4.40 Å². The summed E-state index contributed by atoms with van der Waals surface area (Å²) in [6, 6.07) is 15.5. The zero-order chi connectivity index (χ0) is 11.6. The molecule has 1 heteroatoms. The van der Waals surface area contributed by atoms with E-state index in [-0.39, 0.29) is 0 Å². The number of hydrogen-bond acceptors (Lipinski definition) is 0. The summed E-state index contributed by atoms with van der Waals surface area (Å²) in [5.74, 6) is 0. The predicted octanol–water partition coefficient (Wildman–Crippen LogP) is 4.30. The molecule has 0 fully saturated rings. The minimum absolute atomic E-state index is 1.28. The summed E-state index contributed by atoms with van der Waals surface area (Å²) >= 11 is 0. The van der Waals surface area contributed by atoms with Gasteiger partial charge in [-0.25, -0.2) is 0 Å². The van der Waals surface area contributed by atoms with Gasteiger partial charge in [-0.05, 0) is 61.4 Å². The lowest BCUT2D eigenvalue weighted by Crippen LogP contribution is -1.80. The fourth-order valence-corrected chi connectivity index (χ4v) is 2.82. The van der Waals surface area contributed by atoms with Crippen LogP contribution >= 0.6 is 0 Å². The summed E-state index contributed by atoms with van der Waals surface area (Å²) in [6.07, 6.45) is 0. The van der Waals surface area contributed by atoms with Crippen LogP contribution in [0.4, 0.5) is 0 Å². The third-order valence-corrected chi connectivity index (χ3v) is 3.86. The van der Waals surface area contributed by atoms with Crippen molar-refractivity contribution in [3.05, 3.63) is 53.6 Å². The topological polar surface area (TPSA) is 4.41 Å². The first kappa shape index (κ1) is 9.06. The van der Waals surface area contributed by atoms with Crippen molar-refractivity contribution in [3.63, 3.8) is 0 Å². The summed E-state index contributed by atoms with van der Waals surface area (Å²) in [6.45, 7) is 4.37. The van der Waals surface area contributed by atoms with E-state index in [1.807, 2.05) is 0 Å². The lowest BCUT2D eigenvalue weighted by molar-refractivity contribution is 1.35. The zero-order valence-electron chi connectivity index (χ0n) is 9.99. The van der Waals surface area contributed by atoms with Crippen molar-refractivity contribution in [2.24, 2.45) is 0 Å². The number of benzene rings is 1. The van der Waals surface area contributed by atoms with Gasteiger partial charge >= 0.3 is 0 Å². The largest absolute Gasteiger partial charge is 0.309 e. The highest BCUT2D eigenvalue weighted by molar-refractivity contribution is 6.10. The van der Waals surface area contributed by atoms with Gasteiger partial charge in [0.05, 0.1) is 11.0 Å². The second kappa shape index (κ2) is 2.80. The average molecular weight is 219 g/mol. The minimum Gasteiger partial charge on any atom is -0.309 e. The van der Waals surface area contributed by atoms with Crippen LogP contribution in [0.2, 0.25) is 0 Å². The van der Waals surface area contributed by atoms with Crippen molar-refractivity contribution in [2.75, 3.05) is 0 Å². The molecular weight excluding hydrogens is 206 g/mol. The summed E-state index contributed by atoms with van der Waals surface area (Å²) in [5.41, 5.74) is 6.66. The molecule has 0 radical (unpaired) electrons. The van der Waals surface area contributed by atoms with Gasteiger partial charge in [0, 0.05) is 16.3 Å².